The van der Waals surface area contributed by atoms with Gasteiger partial charge < -0.3 is 16.4 Å². The van der Waals surface area contributed by atoms with Crippen molar-refractivity contribution in [1.29, 1.82) is 0 Å². The largest absolute Gasteiger partial charge is 0.348 e. The molecular weight excluding hydrogens is 314 g/mol. The number of rotatable bonds is 7. The molecule has 23 heavy (non-hydrogen) atoms. The van der Waals surface area contributed by atoms with E-state index >= 15 is 0 Å². The third-order valence-corrected chi connectivity index (χ3v) is 5.28. The van der Waals surface area contributed by atoms with Crippen molar-refractivity contribution in [2.45, 2.75) is 76.8 Å². The monoisotopic (exact) mass is 345 g/mol. The fraction of sp³-hybridized carbons (Fsp3) is 0.882. The fourth-order valence-corrected chi connectivity index (χ4v) is 3.45. The van der Waals surface area contributed by atoms with Crippen molar-refractivity contribution in [2.24, 2.45) is 17.6 Å². The molecule has 2 unspecified atom stereocenters. The molecule has 0 aliphatic heterocycles. The zero-order chi connectivity index (χ0) is 16.2. The van der Waals surface area contributed by atoms with E-state index in [1.165, 1.54) is 19.3 Å². The molecule has 0 heterocycles. The maximum atomic E-state index is 12.3. The lowest BCUT2D eigenvalue weighted by Crippen LogP contribution is -2.57. The average Bonchev–Trinajstić information content (AvgIpc) is 3.33. The van der Waals surface area contributed by atoms with Crippen LogP contribution < -0.4 is 16.4 Å². The summed E-state index contributed by atoms with van der Waals surface area (Å²) in [7, 11) is 0. The Hall–Kier alpha value is -0.810. The number of amides is 2. The lowest BCUT2D eigenvalue weighted by molar-refractivity contribution is -0.130. The van der Waals surface area contributed by atoms with Crippen molar-refractivity contribution in [1.82, 2.24) is 10.6 Å². The number of hydrogen-bond acceptors (Lipinski definition) is 3. The molecule has 2 aliphatic rings. The quantitative estimate of drug-likeness (QED) is 0.660. The lowest BCUT2D eigenvalue weighted by atomic mass is 9.87. The Balaban J connectivity index is 0.00000264. The van der Waals surface area contributed by atoms with Crippen LogP contribution in [0.1, 0.15) is 65.2 Å². The van der Waals surface area contributed by atoms with Crippen LogP contribution in [0.3, 0.4) is 0 Å². The Bertz CT molecular complexity index is 409. The molecule has 0 bridgehead atoms. The first-order chi connectivity index (χ1) is 10.4. The molecule has 2 rings (SSSR count). The summed E-state index contributed by atoms with van der Waals surface area (Å²) in [5.74, 6) is 0.837. The van der Waals surface area contributed by atoms with Crippen LogP contribution in [0.25, 0.3) is 0 Å². The fourth-order valence-electron chi connectivity index (χ4n) is 3.45. The molecule has 6 heteroatoms. The van der Waals surface area contributed by atoms with E-state index in [4.69, 9.17) is 5.73 Å². The topological polar surface area (TPSA) is 84.2 Å². The second kappa shape index (κ2) is 8.88. The summed E-state index contributed by atoms with van der Waals surface area (Å²) in [5.41, 5.74) is 5.49. The van der Waals surface area contributed by atoms with Crippen LogP contribution in [0.15, 0.2) is 0 Å². The van der Waals surface area contributed by atoms with Gasteiger partial charge in [0.25, 0.3) is 0 Å². The number of carbonyl (C=O) groups is 2. The van der Waals surface area contributed by atoms with E-state index in [0.717, 1.165) is 25.7 Å². The van der Waals surface area contributed by atoms with Crippen LogP contribution in [0.2, 0.25) is 0 Å². The van der Waals surface area contributed by atoms with Gasteiger partial charge in [0.2, 0.25) is 11.8 Å². The normalized spacial score (nSPS) is 22.4. The van der Waals surface area contributed by atoms with E-state index in [-0.39, 0.29) is 29.8 Å². The van der Waals surface area contributed by atoms with Crippen LogP contribution in [0.5, 0.6) is 0 Å². The molecule has 4 N–H and O–H groups in total. The minimum absolute atomic E-state index is 0. The van der Waals surface area contributed by atoms with Gasteiger partial charge in [-0.05, 0) is 51.4 Å². The zero-order valence-corrected chi connectivity index (χ0v) is 15.2. The van der Waals surface area contributed by atoms with Crippen molar-refractivity contribution in [2.75, 3.05) is 6.54 Å². The Morgan fingerprint density at radius 1 is 1.17 bits per heavy atom. The molecule has 134 valence electrons. The second-order valence-electron chi connectivity index (χ2n) is 7.38. The van der Waals surface area contributed by atoms with Gasteiger partial charge in [0.05, 0.1) is 5.54 Å². The van der Waals surface area contributed by atoms with Crippen LogP contribution in [-0.2, 0) is 9.59 Å². The molecule has 2 fully saturated rings. The predicted molar refractivity (Wildman–Crippen MR) is 94.4 cm³/mol. The van der Waals surface area contributed by atoms with Gasteiger partial charge in [-0.25, -0.2) is 0 Å². The van der Waals surface area contributed by atoms with Gasteiger partial charge in [0.1, 0.15) is 6.04 Å². The summed E-state index contributed by atoms with van der Waals surface area (Å²) in [5, 5.41) is 5.88. The van der Waals surface area contributed by atoms with Gasteiger partial charge in [-0.3, -0.25) is 9.59 Å². The Morgan fingerprint density at radius 3 is 2.30 bits per heavy atom. The minimum Gasteiger partial charge on any atom is -0.348 e. The van der Waals surface area contributed by atoms with Gasteiger partial charge in [-0.2, -0.15) is 0 Å². The zero-order valence-electron chi connectivity index (χ0n) is 14.4. The number of nitrogens with one attached hydrogen (secondary N) is 2. The number of halogens is 1. The highest BCUT2D eigenvalue weighted by molar-refractivity contribution is 5.87. The van der Waals surface area contributed by atoms with E-state index in [1.54, 1.807) is 6.92 Å². The van der Waals surface area contributed by atoms with Gasteiger partial charge in [0.15, 0.2) is 0 Å². The molecule has 5 nitrogen and oxygen atoms in total. The predicted octanol–water partition coefficient (Wildman–Crippen LogP) is 2.13. The van der Waals surface area contributed by atoms with Gasteiger partial charge in [0, 0.05) is 13.0 Å². The smallest absolute Gasteiger partial charge is 0.242 e. The summed E-state index contributed by atoms with van der Waals surface area (Å²) >= 11 is 0. The summed E-state index contributed by atoms with van der Waals surface area (Å²) in [4.78, 5) is 24.4. The summed E-state index contributed by atoms with van der Waals surface area (Å²) in [6, 6.07) is -0.499. The van der Waals surface area contributed by atoms with E-state index < -0.39 is 6.04 Å². The second-order valence-corrected chi connectivity index (χ2v) is 7.38. The van der Waals surface area contributed by atoms with Crippen molar-refractivity contribution in [3.63, 3.8) is 0 Å². The van der Waals surface area contributed by atoms with Crippen molar-refractivity contribution in [3.8, 4) is 0 Å². The lowest BCUT2D eigenvalue weighted by Gasteiger charge is -2.31. The Kier molecular flexibility index (Phi) is 7.81. The van der Waals surface area contributed by atoms with Crippen molar-refractivity contribution >= 4 is 24.2 Å². The summed E-state index contributed by atoms with van der Waals surface area (Å²) in [6.07, 6.45) is 8.81. The Labute approximate surface area is 145 Å². The maximum Gasteiger partial charge on any atom is 0.242 e. The summed E-state index contributed by atoms with van der Waals surface area (Å²) in [6.45, 7) is 4.18. The Morgan fingerprint density at radius 2 is 1.78 bits per heavy atom. The molecule has 0 spiro atoms. The van der Waals surface area contributed by atoms with Crippen molar-refractivity contribution < 1.29 is 9.59 Å². The molecule has 2 atom stereocenters. The highest BCUT2D eigenvalue weighted by atomic mass is 35.5. The van der Waals surface area contributed by atoms with E-state index in [9.17, 15) is 9.59 Å². The standard InChI is InChI=1S/C17H31N3O2.ClH/c1-12(16(22)20-17(2,11-18)14-8-9-14)19-15(21)10-13-6-4-3-5-7-13;/h12-14H,3-11,18H2,1-2H3,(H,19,21)(H,20,22);1H. The molecule has 0 radical (unpaired) electrons. The average molecular weight is 346 g/mol. The van der Waals surface area contributed by atoms with Crippen LogP contribution in [0.4, 0.5) is 0 Å². The third kappa shape index (κ3) is 5.96. The highest BCUT2D eigenvalue weighted by Gasteiger charge is 2.42. The highest BCUT2D eigenvalue weighted by Crippen LogP contribution is 2.39. The molecule has 0 saturated heterocycles. The van der Waals surface area contributed by atoms with Crippen LogP contribution in [-0.4, -0.2) is 29.9 Å². The maximum absolute atomic E-state index is 12.3. The molecule has 2 amide bonds. The molecule has 2 aliphatic carbocycles. The number of hydrogen-bond donors (Lipinski definition) is 3. The first kappa shape index (κ1) is 20.2. The minimum atomic E-state index is -0.499. The molecule has 0 aromatic rings. The molecule has 2 saturated carbocycles. The van der Waals surface area contributed by atoms with Crippen molar-refractivity contribution in [3.05, 3.63) is 0 Å². The van der Waals surface area contributed by atoms with E-state index in [1.807, 2.05) is 6.92 Å². The molecule has 0 aromatic heterocycles. The first-order valence-electron chi connectivity index (χ1n) is 8.76. The summed E-state index contributed by atoms with van der Waals surface area (Å²) < 4.78 is 0. The van der Waals surface area contributed by atoms with Gasteiger partial charge >= 0.3 is 0 Å². The van der Waals surface area contributed by atoms with Crippen LogP contribution >= 0.6 is 12.4 Å². The van der Waals surface area contributed by atoms with Crippen LogP contribution in [0, 0.1) is 11.8 Å². The van der Waals surface area contributed by atoms with E-state index in [2.05, 4.69) is 10.6 Å². The number of nitrogens with two attached hydrogens (primary N) is 1. The SMILES string of the molecule is CC(NC(=O)CC1CCCCC1)C(=O)NC(C)(CN)C1CC1.Cl. The number of carbonyl (C=O) groups excluding carboxylic acids is 2. The van der Waals surface area contributed by atoms with E-state index in [0.29, 0.717) is 24.8 Å². The van der Waals surface area contributed by atoms with Gasteiger partial charge in [-0.15, -0.1) is 12.4 Å². The van der Waals surface area contributed by atoms with Gasteiger partial charge in [-0.1, -0.05) is 19.3 Å². The first-order valence-corrected chi connectivity index (χ1v) is 8.76. The third-order valence-electron chi connectivity index (χ3n) is 5.28. The molecule has 0 aromatic carbocycles. The molecular formula is C17H32ClN3O2.